The Kier molecular flexibility index (Phi) is 5.95. The summed E-state index contributed by atoms with van der Waals surface area (Å²) in [5, 5.41) is 12.0. The van der Waals surface area contributed by atoms with Crippen LogP contribution in [-0.4, -0.2) is 54.8 Å². The molecule has 2 N–H and O–H groups in total. The molecule has 1 heterocycles. The zero-order valence-electron chi connectivity index (χ0n) is 11.9. The normalized spacial score (nSPS) is 18.7. The number of rotatable bonds is 7. The minimum absolute atomic E-state index is 0.0712. The highest BCUT2D eigenvalue weighted by atomic mass is 19.1. The van der Waals surface area contributed by atoms with Crippen LogP contribution in [0.3, 0.4) is 0 Å². The molecule has 0 aliphatic carbocycles. The van der Waals surface area contributed by atoms with Crippen LogP contribution < -0.4 is 10.1 Å². The Bertz CT molecular complexity index is 453. The average Bonchev–Trinajstić information content (AvgIpc) is 2.92. The minimum Gasteiger partial charge on any atom is -0.492 e. The molecule has 1 fully saturated rings. The van der Waals surface area contributed by atoms with Crippen LogP contribution in [0, 0.1) is 5.82 Å². The number of likely N-dealkylation sites (tertiary alicyclic amines) is 1. The first-order chi connectivity index (χ1) is 10.2. The largest absolute Gasteiger partial charge is 0.492 e. The van der Waals surface area contributed by atoms with Crippen LogP contribution in [0.15, 0.2) is 24.3 Å². The van der Waals surface area contributed by atoms with Crippen molar-refractivity contribution >= 4 is 5.91 Å². The van der Waals surface area contributed by atoms with Crippen LogP contribution >= 0.6 is 0 Å². The molecule has 1 atom stereocenters. The van der Waals surface area contributed by atoms with Gasteiger partial charge in [-0.2, -0.15) is 0 Å². The maximum absolute atomic E-state index is 12.7. The standard InChI is InChI=1S/C15H21FN2O3/c16-12-3-5-14(6-4-12)21-9-7-17-15(20)10-18-8-1-2-13(18)11-19/h3-6,13,19H,1-2,7-11H2,(H,17,20)/t13-/m1/s1. The number of hydrogen-bond acceptors (Lipinski definition) is 4. The Labute approximate surface area is 123 Å². The average molecular weight is 296 g/mol. The van der Waals surface area contributed by atoms with Crippen LogP contribution in [0.2, 0.25) is 0 Å². The summed E-state index contributed by atoms with van der Waals surface area (Å²) < 4.78 is 18.1. The molecule has 6 heteroatoms. The summed E-state index contributed by atoms with van der Waals surface area (Å²) in [4.78, 5) is 13.8. The van der Waals surface area contributed by atoms with Gasteiger partial charge in [0.1, 0.15) is 18.2 Å². The smallest absolute Gasteiger partial charge is 0.234 e. The molecule has 1 aliphatic heterocycles. The Morgan fingerprint density at radius 1 is 1.43 bits per heavy atom. The number of ether oxygens (including phenoxy) is 1. The van der Waals surface area contributed by atoms with E-state index in [0.717, 1.165) is 19.4 Å². The van der Waals surface area contributed by atoms with E-state index in [0.29, 0.717) is 25.4 Å². The fourth-order valence-electron chi connectivity index (χ4n) is 2.44. The molecule has 116 valence electrons. The first-order valence-corrected chi connectivity index (χ1v) is 7.19. The molecular weight excluding hydrogens is 275 g/mol. The van der Waals surface area contributed by atoms with Crippen LogP contribution in [0.1, 0.15) is 12.8 Å². The number of amides is 1. The van der Waals surface area contributed by atoms with Gasteiger partial charge in [0.15, 0.2) is 0 Å². The first kappa shape index (κ1) is 15.7. The van der Waals surface area contributed by atoms with Crippen molar-refractivity contribution in [3.8, 4) is 5.75 Å². The zero-order valence-corrected chi connectivity index (χ0v) is 11.9. The molecule has 0 saturated carbocycles. The highest BCUT2D eigenvalue weighted by Gasteiger charge is 2.25. The van der Waals surface area contributed by atoms with E-state index >= 15 is 0 Å². The molecule has 0 spiro atoms. The Balaban J connectivity index is 1.62. The second-order valence-electron chi connectivity index (χ2n) is 5.10. The summed E-state index contributed by atoms with van der Waals surface area (Å²) in [6, 6.07) is 5.86. The van der Waals surface area contributed by atoms with E-state index in [2.05, 4.69) is 5.32 Å². The third-order valence-corrected chi connectivity index (χ3v) is 3.56. The molecule has 5 nitrogen and oxygen atoms in total. The van der Waals surface area contributed by atoms with Gasteiger partial charge >= 0.3 is 0 Å². The van der Waals surface area contributed by atoms with Crippen molar-refractivity contribution in [3.63, 3.8) is 0 Å². The number of nitrogens with zero attached hydrogens (tertiary/aromatic N) is 1. The van der Waals surface area contributed by atoms with Gasteiger partial charge < -0.3 is 15.2 Å². The van der Waals surface area contributed by atoms with Crippen molar-refractivity contribution in [2.75, 3.05) is 32.8 Å². The Morgan fingerprint density at radius 2 is 2.19 bits per heavy atom. The summed E-state index contributed by atoms with van der Waals surface area (Å²) in [6.07, 6.45) is 1.96. The van der Waals surface area contributed by atoms with Gasteiger partial charge in [-0.25, -0.2) is 4.39 Å². The van der Waals surface area contributed by atoms with E-state index in [-0.39, 0.29) is 24.4 Å². The molecule has 2 rings (SSSR count). The molecule has 1 aromatic carbocycles. The van der Waals surface area contributed by atoms with Crippen LogP contribution in [0.5, 0.6) is 5.75 Å². The van der Waals surface area contributed by atoms with Gasteiger partial charge in [0, 0.05) is 6.04 Å². The van der Waals surface area contributed by atoms with Gasteiger partial charge in [0.2, 0.25) is 5.91 Å². The number of carbonyl (C=O) groups excluding carboxylic acids is 1. The molecule has 0 aromatic heterocycles. The minimum atomic E-state index is -0.306. The highest BCUT2D eigenvalue weighted by molar-refractivity contribution is 5.78. The van der Waals surface area contributed by atoms with Crippen molar-refractivity contribution in [1.29, 1.82) is 0 Å². The third kappa shape index (κ3) is 4.99. The van der Waals surface area contributed by atoms with Gasteiger partial charge in [-0.3, -0.25) is 9.69 Å². The second kappa shape index (κ2) is 7.95. The van der Waals surface area contributed by atoms with Crippen molar-refractivity contribution < 1.29 is 19.0 Å². The number of aliphatic hydroxyl groups excluding tert-OH is 1. The summed E-state index contributed by atoms with van der Waals surface area (Å²) in [7, 11) is 0. The van der Waals surface area contributed by atoms with E-state index < -0.39 is 0 Å². The van der Waals surface area contributed by atoms with Crippen LogP contribution in [-0.2, 0) is 4.79 Å². The van der Waals surface area contributed by atoms with Crippen LogP contribution in [0.4, 0.5) is 4.39 Å². The maximum atomic E-state index is 12.7. The fourth-order valence-corrected chi connectivity index (χ4v) is 2.44. The molecule has 0 unspecified atom stereocenters. The van der Waals surface area contributed by atoms with Gasteiger partial charge in [0.05, 0.1) is 19.7 Å². The number of benzene rings is 1. The summed E-state index contributed by atoms with van der Waals surface area (Å²) in [5.74, 6) is 0.197. The summed E-state index contributed by atoms with van der Waals surface area (Å²) >= 11 is 0. The lowest BCUT2D eigenvalue weighted by atomic mass is 10.2. The molecule has 0 radical (unpaired) electrons. The lowest BCUT2D eigenvalue weighted by Crippen LogP contribution is -2.42. The lowest BCUT2D eigenvalue weighted by Gasteiger charge is -2.21. The number of aliphatic hydroxyl groups is 1. The fraction of sp³-hybridized carbons (Fsp3) is 0.533. The maximum Gasteiger partial charge on any atom is 0.234 e. The Morgan fingerprint density at radius 3 is 2.90 bits per heavy atom. The predicted octanol–water partition coefficient (Wildman–Crippen LogP) is 0.777. The second-order valence-corrected chi connectivity index (χ2v) is 5.10. The van der Waals surface area contributed by atoms with E-state index in [4.69, 9.17) is 4.74 Å². The van der Waals surface area contributed by atoms with Gasteiger partial charge in [0.25, 0.3) is 0 Å². The molecule has 21 heavy (non-hydrogen) atoms. The van der Waals surface area contributed by atoms with Crippen molar-refractivity contribution in [1.82, 2.24) is 10.2 Å². The van der Waals surface area contributed by atoms with E-state index in [1.807, 2.05) is 4.90 Å². The molecule has 1 amide bonds. The van der Waals surface area contributed by atoms with Gasteiger partial charge in [-0.1, -0.05) is 0 Å². The van der Waals surface area contributed by atoms with E-state index in [1.54, 1.807) is 12.1 Å². The Hall–Kier alpha value is -1.66. The summed E-state index contributed by atoms with van der Waals surface area (Å²) in [6.45, 7) is 1.99. The SMILES string of the molecule is O=C(CN1CCC[C@@H]1CO)NCCOc1ccc(F)cc1. The topological polar surface area (TPSA) is 61.8 Å². The van der Waals surface area contributed by atoms with Crippen LogP contribution in [0.25, 0.3) is 0 Å². The van der Waals surface area contributed by atoms with Crippen molar-refractivity contribution in [2.24, 2.45) is 0 Å². The molecule has 1 saturated heterocycles. The first-order valence-electron chi connectivity index (χ1n) is 7.19. The van der Waals surface area contributed by atoms with E-state index in [9.17, 15) is 14.3 Å². The molecule has 1 aliphatic rings. The highest BCUT2D eigenvalue weighted by Crippen LogP contribution is 2.15. The lowest BCUT2D eigenvalue weighted by molar-refractivity contribution is -0.122. The quantitative estimate of drug-likeness (QED) is 0.730. The molecule has 1 aromatic rings. The predicted molar refractivity (Wildman–Crippen MR) is 76.6 cm³/mol. The zero-order chi connectivity index (χ0) is 15.1. The number of carbonyl (C=O) groups is 1. The molecule has 0 bridgehead atoms. The van der Waals surface area contributed by atoms with Gasteiger partial charge in [-0.15, -0.1) is 0 Å². The number of hydrogen-bond donors (Lipinski definition) is 2. The monoisotopic (exact) mass is 296 g/mol. The van der Waals surface area contributed by atoms with E-state index in [1.165, 1.54) is 12.1 Å². The third-order valence-electron chi connectivity index (χ3n) is 3.56. The molecular formula is C15H21FN2O3. The van der Waals surface area contributed by atoms with Crippen molar-refractivity contribution in [3.05, 3.63) is 30.1 Å². The number of halogens is 1. The number of nitrogens with one attached hydrogen (secondary N) is 1. The van der Waals surface area contributed by atoms with Crippen molar-refractivity contribution in [2.45, 2.75) is 18.9 Å². The summed E-state index contributed by atoms with van der Waals surface area (Å²) in [5.41, 5.74) is 0. The van der Waals surface area contributed by atoms with Gasteiger partial charge in [-0.05, 0) is 43.7 Å².